The lowest BCUT2D eigenvalue weighted by molar-refractivity contribution is -0.145. The van der Waals surface area contributed by atoms with Crippen molar-refractivity contribution in [2.24, 2.45) is 5.73 Å². The predicted octanol–water partition coefficient (Wildman–Crippen LogP) is 4.25. The highest BCUT2D eigenvalue weighted by Gasteiger charge is 2.06. The maximum absolute atomic E-state index is 11.7. The van der Waals surface area contributed by atoms with Crippen molar-refractivity contribution in [3.8, 4) is 0 Å². The fourth-order valence-electron chi connectivity index (χ4n) is 2.57. The van der Waals surface area contributed by atoms with Crippen LogP contribution in [0, 0.1) is 0 Å². The van der Waals surface area contributed by atoms with Crippen molar-refractivity contribution in [3.05, 3.63) is 35.9 Å². The molecule has 0 bridgehead atoms. The van der Waals surface area contributed by atoms with E-state index in [9.17, 15) is 14.4 Å². The molecule has 0 spiro atoms. The third-order valence-corrected chi connectivity index (χ3v) is 3.97. The van der Waals surface area contributed by atoms with E-state index in [0.717, 1.165) is 50.5 Å². The molecule has 1 rings (SSSR count). The summed E-state index contributed by atoms with van der Waals surface area (Å²) in [6, 6.07) is 9.66. The van der Waals surface area contributed by atoms with E-state index in [1.807, 2.05) is 30.3 Å². The van der Waals surface area contributed by atoms with Gasteiger partial charge in [-0.1, -0.05) is 68.9 Å². The number of unbranched alkanes of at least 4 members (excludes halogenated alkanes) is 7. The van der Waals surface area contributed by atoms with Crippen LogP contribution in [0.15, 0.2) is 30.3 Å². The monoisotopic (exact) mass is 363 g/mol. The molecule has 0 heterocycles. The first kappa shape index (κ1) is 21.7. The molecule has 6 nitrogen and oxygen atoms in total. The van der Waals surface area contributed by atoms with Gasteiger partial charge in [-0.15, -0.1) is 0 Å². The molecule has 0 atom stereocenters. The van der Waals surface area contributed by atoms with Crippen LogP contribution in [-0.4, -0.2) is 18.0 Å². The average Bonchev–Trinajstić information content (AvgIpc) is 2.61. The molecule has 1 aromatic rings. The summed E-state index contributed by atoms with van der Waals surface area (Å²) >= 11 is 0. The molecular weight excluding hydrogens is 334 g/mol. The number of esters is 2. The Morgan fingerprint density at radius 2 is 1.23 bits per heavy atom. The van der Waals surface area contributed by atoms with Gasteiger partial charge in [0.05, 0.1) is 0 Å². The summed E-state index contributed by atoms with van der Waals surface area (Å²) in [7, 11) is 0. The Kier molecular flexibility index (Phi) is 11.6. The summed E-state index contributed by atoms with van der Waals surface area (Å²) < 4.78 is 9.48. The second kappa shape index (κ2) is 13.9. The summed E-state index contributed by atoms with van der Waals surface area (Å²) in [5.41, 5.74) is 5.76. The normalized spacial score (nSPS) is 10.3. The number of benzene rings is 1. The van der Waals surface area contributed by atoms with Gasteiger partial charge in [0.2, 0.25) is 0 Å². The lowest BCUT2D eigenvalue weighted by Crippen LogP contribution is -2.18. The fraction of sp³-hybridized carbons (Fsp3) is 0.550. The smallest absolute Gasteiger partial charge is 0.412 e. The number of carbonyl (C=O) groups is 3. The van der Waals surface area contributed by atoms with Gasteiger partial charge in [0, 0.05) is 12.8 Å². The summed E-state index contributed by atoms with van der Waals surface area (Å²) in [6.07, 6.45) is 7.52. The number of primary amides is 1. The zero-order valence-corrected chi connectivity index (χ0v) is 15.3. The second-order valence-electron chi connectivity index (χ2n) is 6.27. The van der Waals surface area contributed by atoms with E-state index < -0.39 is 12.1 Å². The number of carbonyl (C=O) groups excluding carboxylic acids is 3. The van der Waals surface area contributed by atoms with Crippen molar-refractivity contribution in [1.29, 1.82) is 0 Å². The van der Waals surface area contributed by atoms with Gasteiger partial charge in [-0.25, -0.2) is 4.79 Å². The molecular formula is C20H29NO5. The maximum Gasteiger partial charge on any atom is 0.412 e. The third kappa shape index (κ3) is 12.1. The Morgan fingerprint density at radius 3 is 1.77 bits per heavy atom. The molecule has 0 aromatic heterocycles. The summed E-state index contributed by atoms with van der Waals surface area (Å²) in [6.45, 7) is 0.340. The Bertz CT molecular complexity index is 544. The topological polar surface area (TPSA) is 95.7 Å². The van der Waals surface area contributed by atoms with Crippen molar-refractivity contribution in [2.45, 2.75) is 70.8 Å². The zero-order chi connectivity index (χ0) is 19.0. The van der Waals surface area contributed by atoms with Gasteiger partial charge in [0.1, 0.15) is 6.61 Å². The Balaban J connectivity index is 1.86. The van der Waals surface area contributed by atoms with Crippen molar-refractivity contribution in [3.63, 3.8) is 0 Å². The Hall–Kier alpha value is -2.37. The third-order valence-electron chi connectivity index (χ3n) is 3.97. The molecule has 6 heteroatoms. The lowest BCUT2D eigenvalue weighted by atomic mass is 10.1. The molecule has 2 N–H and O–H groups in total. The first-order chi connectivity index (χ1) is 12.6. The summed E-state index contributed by atoms with van der Waals surface area (Å²) in [5.74, 6) is -0.701. The number of nitrogens with two attached hydrogens (primary N) is 1. The van der Waals surface area contributed by atoms with Gasteiger partial charge in [-0.05, 0) is 18.4 Å². The molecule has 0 aliphatic heterocycles. The van der Waals surface area contributed by atoms with Crippen LogP contribution < -0.4 is 5.73 Å². The molecule has 0 aliphatic rings. The van der Waals surface area contributed by atoms with Gasteiger partial charge in [0.25, 0.3) is 0 Å². The van der Waals surface area contributed by atoms with Gasteiger partial charge in [0.15, 0.2) is 0 Å². The van der Waals surface area contributed by atoms with E-state index in [1.54, 1.807) is 0 Å². The average molecular weight is 363 g/mol. The highest BCUT2D eigenvalue weighted by Crippen LogP contribution is 2.11. The molecule has 144 valence electrons. The number of hydrogen-bond donors (Lipinski definition) is 1. The first-order valence-electron chi connectivity index (χ1n) is 9.27. The van der Waals surface area contributed by atoms with E-state index >= 15 is 0 Å². The van der Waals surface area contributed by atoms with E-state index in [-0.39, 0.29) is 12.4 Å². The van der Waals surface area contributed by atoms with Crippen molar-refractivity contribution in [1.82, 2.24) is 0 Å². The van der Waals surface area contributed by atoms with Crippen LogP contribution in [-0.2, 0) is 25.7 Å². The molecule has 1 aromatic carbocycles. The largest absolute Gasteiger partial charge is 0.461 e. The van der Waals surface area contributed by atoms with E-state index in [4.69, 9.17) is 10.5 Å². The lowest BCUT2D eigenvalue weighted by Gasteiger charge is -2.05. The molecule has 0 saturated carbocycles. The minimum Gasteiger partial charge on any atom is -0.461 e. The SMILES string of the molecule is NC(=O)OC(=O)CCCCCCCCCCC(=O)OCc1ccccc1. The van der Waals surface area contributed by atoms with Crippen LogP contribution >= 0.6 is 0 Å². The first-order valence-corrected chi connectivity index (χ1v) is 9.27. The quantitative estimate of drug-likeness (QED) is 0.321. The van der Waals surface area contributed by atoms with E-state index in [0.29, 0.717) is 19.4 Å². The minimum atomic E-state index is -1.04. The van der Waals surface area contributed by atoms with Crippen LogP contribution in [0.5, 0.6) is 0 Å². The van der Waals surface area contributed by atoms with Crippen LogP contribution in [0.25, 0.3) is 0 Å². The molecule has 0 fully saturated rings. The van der Waals surface area contributed by atoms with Gasteiger partial charge in [-0.3, -0.25) is 9.59 Å². The van der Waals surface area contributed by atoms with Crippen LogP contribution in [0.1, 0.15) is 69.8 Å². The molecule has 0 saturated heterocycles. The highest BCUT2D eigenvalue weighted by atomic mass is 16.6. The molecule has 26 heavy (non-hydrogen) atoms. The predicted molar refractivity (Wildman–Crippen MR) is 98.1 cm³/mol. The number of hydrogen-bond acceptors (Lipinski definition) is 5. The van der Waals surface area contributed by atoms with Gasteiger partial charge < -0.3 is 15.2 Å². The summed E-state index contributed by atoms with van der Waals surface area (Å²) in [5, 5.41) is 0. The van der Waals surface area contributed by atoms with Crippen molar-refractivity contribution in [2.75, 3.05) is 0 Å². The number of amides is 1. The van der Waals surface area contributed by atoms with Crippen LogP contribution in [0.3, 0.4) is 0 Å². The minimum absolute atomic E-state index is 0.142. The molecule has 0 aliphatic carbocycles. The zero-order valence-electron chi connectivity index (χ0n) is 15.3. The van der Waals surface area contributed by atoms with Crippen LogP contribution in [0.4, 0.5) is 4.79 Å². The molecule has 1 amide bonds. The fourth-order valence-corrected chi connectivity index (χ4v) is 2.57. The Morgan fingerprint density at radius 1 is 0.731 bits per heavy atom. The standard InChI is InChI=1S/C20H29NO5/c21-20(24)26-19(23)15-11-6-4-2-1-3-5-10-14-18(22)25-16-17-12-8-7-9-13-17/h7-9,12-13H,1-6,10-11,14-16H2,(H2,21,24). The van der Waals surface area contributed by atoms with Crippen molar-refractivity contribution < 1.29 is 23.9 Å². The summed E-state index contributed by atoms with van der Waals surface area (Å²) in [4.78, 5) is 33.1. The number of rotatable bonds is 13. The van der Waals surface area contributed by atoms with E-state index in [1.165, 1.54) is 0 Å². The maximum atomic E-state index is 11.7. The Labute approximate surface area is 155 Å². The van der Waals surface area contributed by atoms with Crippen LogP contribution in [0.2, 0.25) is 0 Å². The van der Waals surface area contributed by atoms with Crippen molar-refractivity contribution >= 4 is 18.0 Å². The molecule has 0 radical (unpaired) electrons. The number of ether oxygens (including phenoxy) is 2. The van der Waals surface area contributed by atoms with Gasteiger partial charge in [-0.2, -0.15) is 0 Å². The molecule has 0 unspecified atom stereocenters. The highest BCUT2D eigenvalue weighted by molar-refractivity contribution is 5.83. The second-order valence-corrected chi connectivity index (χ2v) is 6.27. The van der Waals surface area contributed by atoms with Gasteiger partial charge >= 0.3 is 18.0 Å². The van der Waals surface area contributed by atoms with E-state index in [2.05, 4.69) is 4.74 Å².